The summed E-state index contributed by atoms with van der Waals surface area (Å²) < 4.78 is 20.4. The Morgan fingerprint density at radius 3 is 2.59 bits per heavy atom. The van der Waals surface area contributed by atoms with Gasteiger partial charge in [-0.15, -0.1) is 0 Å². The number of para-hydroxylation sites is 1. The van der Waals surface area contributed by atoms with Crippen molar-refractivity contribution in [2.45, 2.75) is 6.04 Å². The quantitative estimate of drug-likeness (QED) is 0.696. The van der Waals surface area contributed by atoms with Gasteiger partial charge in [-0.2, -0.15) is 0 Å². The SMILES string of the molecule is CN(C)C(CNC(=O)COc1ccc(F)cc1)c1cn(C)c2ccccc12. The minimum Gasteiger partial charge on any atom is -0.484 e. The third kappa shape index (κ3) is 4.46. The van der Waals surface area contributed by atoms with Crippen LogP contribution in [-0.2, 0) is 11.8 Å². The molecule has 6 heteroatoms. The maximum atomic E-state index is 12.9. The lowest BCUT2D eigenvalue weighted by molar-refractivity contribution is -0.123. The summed E-state index contributed by atoms with van der Waals surface area (Å²) in [6, 6.07) is 13.9. The van der Waals surface area contributed by atoms with Gasteiger partial charge in [0.15, 0.2) is 6.61 Å². The Labute approximate surface area is 158 Å². The van der Waals surface area contributed by atoms with E-state index in [0.29, 0.717) is 12.3 Å². The van der Waals surface area contributed by atoms with Crippen LogP contribution in [0.4, 0.5) is 4.39 Å². The lowest BCUT2D eigenvalue weighted by Gasteiger charge is -2.24. The molecule has 0 fully saturated rings. The van der Waals surface area contributed by atoms with Crippen LogP contribution in [0.15, 0.2) is 54.7 Å². The highest BCUT2D eigenvalue weighted by atomic mass is 19.1. The molecule has 3 rings (SSSR count). The van der Waals surface area contributed by atoms with Crippen molar-refractivity contribution in [1.82, 2.24) is 14.8 Å². The number of rotatable bonds is 7. The average Bonchev–Trinajstić information content (AvgIpc) is 2.98. The van der Waals surface area contributed by atoms with Crippen molar-refractivity contribution in [3.05, 3.63) is 66.1 Å². The van der Waals surface area contributed by atoms with Crippen LogP contribution in [0.3, 0.4) is 0 Å². The number of benzene rings is 2. The number of hydrogen-bond donors (Lipinski definition) is 1. The summed E-state index contributed by atoms with van der Waals surface area (Å²) in [5, 5.41) is 4.11. The molecule has 0 radical (unpaired) electrons. The highest BCUT2D eigenvalue weighted by Crippen LogP contribution is 2.28. The fourth-order valence-electron chi connectivity index (χ4n) is 3.15. The zero-order valence-corrected chi connectivity index (χ0v) is 15.8. The number of ether oxygens (including phenoxy) is 1. The Morgan fingerprint density at radius 1 is 1.19 bits per heavy atom. The lowest BCUT2D eigenvalue weighted by Crippen LogP contribution is -2.36. The van der Waals surface area contributed by atoms with E-state index in [0.717, 1.165) is 11.1 Å². The predicted molar refractivity (Wildman–Crippen MR) is 104 cm³/mol. The van der Waals surface area contributed by atoms with Gasteiger partial charge in [0.1, 0.15) is 11.6 Å². The standard InChI is InChI=1S/C21H24FN3O2/c1-24(2)20(18-13-25(3)19-7-5-4-6-17(18)19)12-23-21(26)14-27-16-10-8-15(22)9-11-16/h4-11,13,20H,12,14H2,1-3H3,(H,23,26). The van der Waals surface area contributed by atoms with Gasteiger partial charge in [0.05, 0.1) is 6.04 Å². The molecule has 142 valence electrons. The van der Waals surface area contributed by atoms with E-state index in [1.54, 1.807) is 0 Å². The molecule has 1 amide bonds. The molecule has 0 aliphatic rings. The minimum absolute atomic E-state index is 0.0332. The Hall–Kier alpha value is -2.86. The third-order valence-corrected chi connectivity index (χ3v) is 4.59. The number of carbonyl (C=O) groups excluding carboxylic acids is 1. The van der Waals surface area contributed by atoms with Crippen LogP contribution >= 0.6 is 0 Å². The molecule has 1 unspecified atom stereocenters. The number of carbonyl (C=O) groups is 1. The summed E-state index contributed by atoms with van der Waals surface area (Å²) >= 11 is 0. The molecule has 1 N–H and O–H groups in total. The fourth-order valence-corrected chi connectivity index (χ4v) is 3.15. The van der Waals surface area contributed by atoms with Crippen molar-refractivity contribution in [2.75, 3.05) is 27.2 Å². The molecule has 1 atom stereocenters. The first-order chi connectivity index (χ1) is 13.0. The molecule has 1 heterocycles. The Balaban J connectivity index is 1.64. The summed E-state index contributed by atoms with van der Waals surface area (Å²) in [6.07, 6.45) is 2.11. The van der Waals surface area contributed by atoms with E-state index in [4.69, 9.17) is 4.74 Å². The topological polar surface area (TPSA) is 46.5 Å². The van der Waals surface area contributed by atoms with E-state index in [1.807, 2.05) is 33.3 Å². The number of fused-ring (bicyclic) bond motifs is 1. The van der Waals surface area contributed by atoms with Crippen molar-refractivity contribution in [1.29, 1.82) is 0 Å². The van der Waals surface area contributed by atoms with Crippen LogP contribution in [0.25, 0.3) is 10.9 Å². The highest BCUT2D eigenvalue weighted by molar-refractivity contribution is 5.84. The number of likely N-dealkylation sites (N-methyl/N-ethyl adjacent to an activating group) is 1. The second-order valence-corrected chi connectivity index (χ2v) is 6.74. The normalized spacial score (nSPS) is 12.3. The van der Waals surface area contributed by atoms with Gasteiger partial charge in [-0.25, -0.2) is 4.39 Å². The molecule has 0 spiro atoms. The Kier molecular flexibility index (Phi) is 5.76. The van der Waals surface area contributed by atoms with Gasteiger partial charge in [0, 0.05) is 30.7 Å². The molecule has 0 saturated heterocycles. The number of nitrogens with zero attached hydrogens (tertiary/aromatic N) is 2. The van der Waals surface area contributed by atoms with Crippen LogP contribution < -0.4 is 10.1 Å². The van der Waals surface area contributed by atoms with Gasteiger partial charge in [0.25, 0.3) is 5.91 Å². The number of halogens is 1. The van der Waals surface area contributed by atoms with Gasteiger partial charge < -0.3 is 19.5 Å². The first-order valence-electron chi connectivity index (χ1n) is 8.81. The van der Waals surface area contributed by atoms with Crippen molar-refractivity contribution in [3.63, 3.8) is 0 Å². The number of amides is 1. The average molecular weight is 369 g/mol. The molecule has 5 nitrogen and oxygen atoms in total. The molecule has 0 aliphatic carbocycles. The smallest absolute Gasteiger partial charge is 0.258 e. The van der Waals surface area contributed by atoms with Gasteiger partial charge >= 0.3 is 0 Å². The first kappa shape index (κ1) is 18.9. The first-order valence-corrected chi connectivity index (χ1v) is 8.81. The molecule has 0 bridgehead atoms. The summed E-state index contributed by atoms with van der Waals surface area (Å²) in [6.45, 7) is 0.355. The van der Waals surface area contributed by atoms with Gasteiger partial charge in [-0.05, 0) is 50.0 Å². The van der Waals surface area contributed by atoms with E-state index in [9.17, 15) is 9.18 Å². The van der Waals surface area contributed by atoms with E-state index in [-0.39, 0.29) is 24.4 Å². The number of nitrogens with one attached hydrogen (secondary N) is 1. The van der Waals surface area contributed by atoms with Crippen molar-refractivity contribution < 1.29 is 13.9 Å². The fraction of sp³-hybridized carbons (Fsp3) is 0.286. The molecule has 27 heavy (non-hydrogen) atoms. The van der Waals surface area contributed by atoms with Gasteiger partial charge in [0.2, 0.25) is 0 Å². The van der Waals surface area contributed by atoms with Crippen molar-refractivity contribution >= 4 is 16.8 Å². The zero-order valence-electron chi connectivity index (χ0n) is 15.8. The second-order valence-electron chi connectivity index (χ2n) is 6.74. The van der Waals surface area contributed by atoms with Gasteiger partial charge in [-0.3, -0.25) is 4.79 Å². The predicted octanol–water partition coefficient (Wildman–Crippen LogP) is 3.12. The summed E-state index contributed by atoms with van der Waals surface area (Å²) in [5.41, 5.74) is 2.32. The largest absolute Gasteiger partial charge is 0.484 e. The molecular formula is C21H24FN3O2. The highest BCUT2D eigenvalue weighted by Gasteiger charge is 2.20. The van der Waals surface area contributed by atoms with E-state index in [1.165, 1.54) is 29.7 Å². The van der Waals surface area contributed by atoms with Crippen molar-refractivity contribution in [3.8, 4) is 5.75 Å². The van der Waals surface area contributed by atoms with Crippen LogP contribution in [0.5, 0.6) is 5.75 Å². The summed E-state index contributed by atoms with van der Waals surface area (Å²) in [4.78, 5) is 14.3. The lowest BCUT2D eigenvalue weighted by atomic mass is 10.0. The molecule has 2 aromatic carbocycles. The molecule has 0 aliphatic heterocycles. The van der Waals surface area contributed by atoms with E-state index >= 15 is 0 Å². The second kappa shape index (κ2) is 8.22. The third-order valence-electron chi connectivity index (χ3n) is 4.59. The maximum Gasteiger partial charge on any atom is 0.258 e. The summed E-state index contributed by atoms with van der Waals surface area (Å²) in [7, 11) is 6.01. The molecule has 1 aromatic heterocycles. The van der Waals surface area contributed by atoms with Crippen LogP contribution in [0, 0.1) is 5.82 Å². The van der Waals surface area contributed by atoms with E-state index in [2.05, 4.69) is 33.1 Å². The molecule has 0 saturated carbocycles. The summed E-state index contributed by atoms with van der Waals surface area (Å²) in [5.74, 6) is -0.0908. The Bertz CT molecular complexity index is 919. The molecular weight excluding hydrogens is 345 g/mol. The maximum absolute atomic E-state index is 12.9. The van der Waals surface area contributed by atoms with Gasteiger partial charge in [-0.1, -0.05) is 18.2 Å². The van der Waals surface area contributed by atoms with Crippen LogP contribution in [-0.4, -0.2) is 42.6 Å². The van der Waals surface area contributed by atoms with E-state index < -0.39 is 0 Å². The van der Waals surface area contributed by atoms with Crippen molar-refractivity contribution in [2.24, 2.45) is 7.05 Å². The van der Waals surface area contributed by atoms with Crippen LogP contribution in [0.1, 0.15) is 11.6 Å². The number of hydrogen-bond acceptors (Lipinski definition) is 3. The monoisotopic (exact) mass is 369 g/mol. The minimum atomic E-state index is -0.337. The molecule has 3 aromatic rings. The zero-order chi connectivity index (χ0) is 19.4. The number of aryl methyl sites for hydroxylation is 1. The number of aromatic nitrogens is 1. The van der Waals surface area contributed by atoms with Crippen LogP contribution in [0.2, 0.25) is 0 Å². The Morgan fingerprint density at radius 2 is 1.89 bits per heavy atom.